The van der Waals surface area contributed by atoms with Crippen LogP contribution in [0.4, 0.5) is 5.69 Å². The Morgan fingerprint density at radius 3 is 2.07 bits per heavy atom. The Morgan fingerprint density at radius 1 is 0.926 bits per heavy atom. The first-order chi connectivity index (χ1) is 12.8. The highest BCUT2D eigenvalue weighted by Gasteiger charge is 2.15. The Kier molecular flexibility index (Phi) is 5.43. The molecule has 0 fully saturated rings. The lowest BCUT2D eigenvalue weighted by Gasteiger charge is -2.11. The summed E-state index contributed by atoms with van der Waals surface area (Å²) in [5.41, 5.74) is 2.01. The van der Waals surface area contributed by atoms with Gasteiger partial charge in [-0.2, -0.15) is 0 Å². The molecule has 0 aliphatic carbocycles. The van der Waals surface area contributed by atoms with Gasteiger partial charge in [0.15, 0.2) is 0 Å². The molecule has 2 N–H and O–H groups in total. The van der Waals surface area contributed by atoms with E-state index in [1.807, 2.05) is 41.2 Å². The van der Waals surface area contributed by atoms with Crippen LogP contribution in [0.25, 0.3) is 5.69 Å². The second-order valence-electron chi connectivity index (χ2n) is 6.39. The minimum atomic E-state index is -3.55. The number of rotatable bonds is 6. The molecule has 27 heavy (non-hydrogen) atoms. The second kappa shape index (κ2) is 7.77. The average molecular weight is 383 g/mol. The van der Waals surface area contributed by atoms with Gasteiger partial charge in [-0.05, 0) is 74.5 Å². The van der Waals surface area contributed by atoms with Crippen LogP contribution in [0.15, 0.2) is 78.0 Å². The van der Waals surface area contributed by atoms with Gasteiger partial charge in [-0.25, -0.2) is 13.1 Å². The lowest BCUT2D eigenvalue weighted by Crippen LogP contribution is -2.30. The molecule has 2 aromatic carbocycles. The number of hydrogen-bond donors (Lipinski definition) is 2. The molecule has 6 nitrogen and oxygen atoms in total. The number of carbonyl (C=O) groups is 1. The number of nitrogens with one attached hydrogen (secondary N) is 2. The van der Waals surface area contributed by atoms with Crippen molar-refractivity contribution in [2.75, 3.05) is 5.32 Å². The number of nitrogens with zero attached hydrogens (tertiary/aromatic N) is 1. The number of aromatic nitrogens is 1. The lowest BCUT2D eigenvalue weighted by atomic mass is 10.2. The molecule has 1 amide bonds. The number of sulfonamides is 1. The quantitative estimate of drug-likeness (QED) is 0.684. The molecule has 0 bridgehead atoms. The van der Waals surface area contributed by atoms with Crippen molar-refractivity contribution >= 4 is 21.6 Å². The van der Waals surface area contributed by atoms with Crippen molar-refractivity contribution < 1.29 is 13.2 Å². The van der Waals surface area contributed by atoms with E-state index in [1.54, 1.807) is 38.1 Å². The molecule has 3 rings (SSSR count). The Balaban J connectivity index is 1.69. The highest BCUT2D eigenvalue weighted by molar-refractivity contribution is 7.89. The largest absolute Gasteiger partial charge is 0.324 e. The third-order valence-electron chi connectivity index (χ3n) is 3.85. The van der Waals surface area contributed by atoms with Crippen molar-refractivity contribution in [2.45, 2.75) is 24.8 Å². The van der Waals surface area contributed by atoms with Gasteiger partial charge in [0.05, 0.1) is 4.90 Å². The zero-order chi connectivity index (χ0) is 19.4. The minimum absolute atomic E-state index is 0.158. The van der Waals surface area contributed by atoms with Gasteiger partial charge in [0.1, 0.15) is 0 Å². The summed E-state index contributed by atoms with van der Waals surface area (Å²) in [4.78, 5) is 12.5. The van der Waals surface area contributed by atoms with Crippen LogP contribution in [0.3, 0.4) is 0 Å². The molecule has 0 saturated heterocycles. The zero-order valence-corrected chi connectivity index (χ0v) is 15.9. The summed E-state index contributed by atoms with van der Waals surface area (Å²) in [6.45, 7) is 3.52. The van der Waals surface area contributed by atoms with Gasteiger partial charge >= 0.3 is 0 Å². The number of amides is 1. The summed E-state index contributed by atoms with van der Waals surface area (Å²) in [6.07, 6.45) is 3.86. The van der Waals surface area contributed by atoms with Crippen molar-refractivity contribution in [3.8, 4) is 5.69 Å². The molecule has 0 atom stereocenters. The zero-order valence-electron chi connectivity index (χ0n) is 15.1. The molecule has 7 heteroatoms. The number of anilines is 1. The fraction of sp³-hybridized carbons (Fsp3) is 0.150. The van der Waals surface area contributed by atoms with Crippen LogP contribution in [-0.4, -0.2) is 24.9 Å². The number of benzene rings is 2. The van der Waals surface area contributed by atoms with E-state index in [4.69, 9.17) is 0 Å². The fourth-order valence-corrected chi connectivity index (χ4v) is 3.84. The first kappa shape index (κ1) is 18.9. The van der Waals surface area contributed by atoms with Crippen LogP contribution in [0.2, 0.25) is 0 Å². The maximum absolute atomic E-state index is 12.4. The monoisotopic (exact) mass is 383 g/mol. The molecular weight excluding hydrogens is 362 g/mol. The molecule has 0 radical (unpaired) electrons. The second-order valence-corrected chi connectivity index (χ2v) is 8.11. The topological polar surface area (TPSA) is 80.2 Å². The fourth-order valence-electron chi connectivity index (χ4n) is 2.59. The third kappa shape index (κ3) is 4.64. The summed E-state index contributed by atoms with van der Waals surface area (Å²) in [7, 11) is -3.55. The molecule has 140 valence electrons. The Hall–Kier alpha value is -2.90. The van der Waals surface area contributed by atoms with Crippen LogP contribution in [0.1, 0.15) is 24.2 Å². The van der Waals surface area contributed by atoms with E-state index in [-0.39, 0.29) is 16.8 Å². The molecule has 1 aromatic heterocycles. The third-order valence-corrected chi connectivity index (χ3v) is 5.52. The van der Waals surface area contributed by atoms with Gasteiger partial charge in [0, 0.05) is 35.4 Å². The van der Waals surface area contributed by atoms with Crippen molar-refractivity contribution in [3.05, 3.63) is 78.6 Å². The predicted octanol–water partition coefficient (Wildman–Crippen LogP) is 3.42. The van der Waals surface area contributed by atoms with Crippen LogP contribution < -0.4 is 10.0 Å². The van der Waals surface area contributed by atoms with E-state index in [2.05, 4.69) is 10.0 Å². The molecule has 0 saturated carbocycles. The van der Waals surface area contributed by atoms with E-state index < -0.39 is 10.0 Å². The maximum atomic E-state index is 12.4. The van der Waals surface area contributed by atoms with E-state index in [0.717, 1.165) is 5.69 Å². The van der Waals surface area contributed by atoms with E-state index >= 15 is 0 Å². The smallest absolute Gasteiger partial charge is 0.255 e. The summed E-state index contributed by atoms with van der Waals surface area (Å²) < 4.78 is 28.7. The van der Waals surface area contributed by atoms with Gasteiger partial charge < -0.3 is 9.88 Å². The van der Waals surface area contributed by atoms with Gasteiger partial charge in [-0.15, -0.1) is 0 Å². The molecule has 0 spiro atoms. The SMILES string of the molecule is CC(C)NS(=O)(=O)c1ccc(NC(=O)c2ccc(-n3cccc3)cc2)cc1. The Labute approximate surface area is 158 Å². The highest BCUT2D eigenvalue weighted by atomic mass is 32.2. The van der Waals surface area contributed by atoms with Crippen LogP contribution in [0, 0.1) is 0 Å². The minimum Gasteiger partial charge on any atom is -0.324 e. The van der Waals surface area contributed by atoms with E-state index in [1.165, 1.54) is 12.1 Å². The van der Waals surface area contributed by atoms with Crippen molar-refractivity contribution in [2.24, 2.45) is 0 Å². The predicted molar refractivity (Wildman–Crippen MR) is 106 cm³/mol. The maximum Gasteiger partial charge on any atom is 0.255 e. The van der Waals surface area contributed by atoms with Gasteiger partial charge in [-0.3, -0.25) is 4.79 Å². The Bertz CT molecular complexity index is 1010. The molecule has 0 aliphatic heterocycles. The lowest BCUT2D eigenvalue weighted by molar-refractivity contribution is 0.102. The van der Waals surface area contributed by atoms with E-state index in [9.17, 15) is 13.2 Å². The standard InChI is InChI=1S/C20H21N3O3S/c1-15(2)22-27(25,26)19-11-7-17(8-12-19)21-20(24)16-5-9-18(10-6-16)23-13-3-4-14-23/h3-15,22H,1-2H3,(H,21,24). The van der Waals surface area contributed by atoms with Crippen LogP contribution >= 0.6 is 0 Å². The highest BCUT2D eigenvalue weighted by Crippen LogP contribution is 2.16. The normalized spacial score (nSPS) is 11.5. The van der Waals surface area contributed by atoms with Gasteiger partial charge in [0.25, 0.3) is 5.91 Å². The molecule has 0 unspecified atom stereocenters. The van der Waals surface area contributed by atoms with Crippen molar-refractivity contribution in [1.29, 1.82) is 0 Å². The number of carbonyl (C=O) groups excluding carboxylic acids is 1. The van der Waals surface area contributed by atoms with Crippen molar-refractivity contribution in [1.82, 2.24) is 9.29 Å². The van der Waals surface area contributed by atoms with Crippen LogP contribution in [-0.2, 0) is 10.0 Å². The molecule has 0 aliphatic rings. The van der Waals surface area contributed by atoms with Gasteiger partial charge in [0.2, 0.25) is 10.0 Å². The molecule has 1 heterocycles. The van der Waals surface area contributed by atoms with Gasteiger partial charge in [-0.1, -0.05) is 0 Å². The summed E-state index contributed by atoms with van der Waals surface area (Å²) in [6, 6.07) is 17.0. The first-order valence-electron chi connectivity index (χ1n) is 8.52. The molecule has 3 aromatic rings. The molecular formula is C20H21N3O3S. The summed E-state index contributed by atoms with van der Waals surface area (Å²) in [5, 5.41) is 2.77. The average Bonchev–Trinajstić information content (AvgIpc) is 3.16. The van der Waals surface area contributed by atoms with Crippen molar-refractivity contribution in [3.63, 3.8) is 0 Å². The summed E-state index contributed by atoms with van der Waals surface area (Å²) in [5.74, 6) is -0.259. The summed E-state index contributed by atoms with van der Waals surface area (Å²) >= 11 is 0. The first-order valence-corrected chi connectivity index (χ1v) is 10.0. The number of hydrogen-bond acceptors (Lipinski definition) is 3. The van der Waals surface area contributed by atoms with Crippen LogP contribution in [0.5, 0.6) is 0 Å². The van der Waals surface area contributed by atoms with E-state index in [0.29, 0.717) is 11.3 Å². The Morgan fingerprint density at radius 2 is 1.52 bits per heavy atom.